The van der Waals surface area contributed by atoms with Crippen molar-refractivity contribution in [3.63, 3.8) is 0 Å². The van der Waals surface area contributed by atoms with Gasteiger partial charge in [0, 0.05) is 13.1 Å². The molecule has 0 aromatic heterocycles. The molecule has 0 saturated carbocycles. The second-order valence-corrected chi connectivity index (χ2v) is 6.93. The minimum absolute atomic E-state index is 0.0123. The van der Waals surface area contributed by atoms with Gasteiger partial charge in [0.2, 0.25) is 10.0 Å². The Morgan fingerprint density at radius 1 is 1.30 bits per heavy atom. The number of benzene rings is 1. The van der Waals surface area contributed by atoms with Gasteiger partial charge >= 0.3 is 0 Å². The highest BCUT2D eigenvalue weighted by Crippen LogP contribution is 2.23. The largest absolute Gasteiger partial charge is 0.317 e. The fraction of sp³-hybridized carbons (Fsp3) is 0.500. The van der Waals surface area contributed by atoms with Crippen molar-refractivity contribution in [2.24, 2.45) is 0 Å². The lowest BCUT2D eigenvalue weighted by Crippen LogP contribution is -2.37. The van der Waals surface area contributed by atoms with E-state index in [-0.39, 0.29) is 16.5 Å². The lowest BCUT2D eigenvalue weighted by Gasteiger charge is -2.26. The number of nitrogens with zero attached hydrogens (tertiary/aromatic N) is 2. The maximum atomic E-state index is 12.7. The van der Waals surface area contributed by atoms with Gasteiger partial charge in [0.15, 0.2) is 0 Å². The highest BCUT2D eigenvalue weighted by atomic mass is 32.2. The van der Waals surface area contributed by atoms with Crippen LogP contribution in [0.1, 0.15) is 24.8 Å². The van der Waals surface area contributed by atoms with Crippen LogP contribution < -0.4 is 5.32 Å². The van der Waals surface area contributed by atoms with Gasteiger partial charge in [-0.25, -0.2) is 8.42 Å². The Morgan fingerprint density at radius 3 is 2.80 bits per heavy atom. The summed E-state index contributed by atoms with van der Waals surface area (Å²) in [6.45, 7) is 1.75. The molecule has 0 amide bonds. The second kappa shape index (κ2) is 6.35. The molecule has 1 aromatic rings. The molecule has 1 heterocycles. The lowest BCUT2D eigenvalue weighted by atomic mass is 10.1. The summed E-state index contributed by atoms with van der Waals surface area (Å²) in [4.78, 5) is 0.0993. The first-order valence-corrected chi connectivity index (χ1v) is 8.19. The van der Waals surface area contributed by atoms with Gasteiger partial charge in [0.05, 0.1) is 10.5 Å². The summed E-state index contributed by atoms with van der Waals surface area (Å²) in [5.74, 6) is 0. The molecule has 0 aliphatic carbocycles. The number of hydrogen-bond donors (Lipinski definition) is 1. The van der Waals surface area contributed by atoms with Gasteiger partial charge in [-0.3, -0.25) is 0 Å². The molecule has 1 aromatic carbocycles. The molecular formula is C14H19N3O2S. The van der Waals surface area contributed by atoms with Crippen molar-refractivity contribution in [2.45, 2.75) is 30.2 Å². The Kier molecular flexibility index (Phi) is 4.76. The van der Waals surface area contributed by atoms with Crippen molar-refractivity contribution >= 4 is 10.0 Å². The van der Waals surface area contributed by atoms with Gasteiger partial charge in [-0.1, -0.05) is 12.1 Å². The van der Waals surface area contributed by atoms with E-state index in [1.807, 2.05) is 6.07 Å². The topological polar surface area (TPSA) is 73.2 Å². The summed E-state index contributed by atoms with van der Waals surface area (Å²) in [6, 6.07) is 8.30. The molecule has 1 aliphatic rings. The number of hydrogen-bond acceptors (Lipinski definition) is 4. The molecule has 2 rings (SSSR count). The van der Waals surface area contributed by atoms with Crippen molar-refractivity contribution in [3.8, 4) is 6.07 Å². The van der Waals surface area contributed by atoms with E-state index >= 15 is 0 Å². The first kappa shape index (κ1) is 15.0. The van der Waals surface area contributed by atoms with E-state index in [4.69, 9.17) is 5.26 Å². The predicted molar refractivity (Wildman–Crippen MR) is 76.6 cm³/mol. The molecule has 20 heavy (non-hydrogen) atoms. The summed E-state index contributed by atoms with van der Waals surface area (Å²) in [5.41, 5.74) is 0.200. The van der Waals surface area contributed by atoms with Crippen LogP contribution in [0.15, 0.2) is 29.2 Å². The molecular weight excluding hydrogens is 274 g/mol. The zero-order valence-electron chi connectivity index (χ0n) is 11.5. The van der Waals surface area contributed by atoms with Crippen LogP contribution in [-0.2, 0) is 10.0 Å². The monoisotopic (exact) mass is 293 g/mol. The smallest absolute Gasteiger partial charge is 0.244 e. The van der Waals surface area contributed by atoms with Crippen LogP contribution in [0.25, 0.3) is 0 Å². The third-order valence-electron chi connectivity index (χ3n) is 3.72. The molecule has 6 heteroatoms. The van der Waals surface area contributed by atoms with Gasteiger partial charge in [-0.05, 0) is 44.5 Å². The third-order valence-corrected chi connectivity index (χ3v) is 5.69. The van der Waals surface area contributed by atoms with E-state index < -0.39 is 10.0 Å². The molecule has 1 saturated heterocycles. The molecule has 0 bridgehead atoms. The molecule has 0 radical (unpaired) electrons. The van der Waals surface area contributed by atoms with Gasteiger partial charge in [0.1, 0.15) is 6.07 Å². The standard InChI is InChI=1S/C14H19N3O2S/c1-17(13-6-4-9-16-10-8-13)20(18,19)14-7-3-2-5-12(14)11-15/h2-3,5,7,13,16H,4,6,8-10H2,1H3. The van der Waals surface area contributed by atoms with Crippen LogP contribution in [0.2, 0.25) is 0 Å². The number of sulfonamides is 1. The van der Waals surface area contributed by atoms with Crippen molar-refractivity contribution in [1.82, 2.24) is 9.62 Å². The second-order valence-electron chi connectivity index (χ2n) is 4.96. The van der Waals surface area contributed by atoms with E-state index in [2.05, 4.69) is 5.32 Å². The maximum absolute atomic E-state index is 12.7. The number of nitrogens with one attached hydrogen (secondary N) is 1. The van der Waals surface area contributed by atoms with Crippen LogP contribution in [-0.4, -0.2) is 38.9 Å². The van der Waals surface area contributed by atoms with E-state index in [1.165, 1.54) is 16.4 Å². The fourth-order valence-electron chi connectivity index (χ4n) is 2.50. The highest BCUT2D eigenvalue weighted by molar-refractivity contribution is 7.89. The van der Waals surface area contributed by atoms with Gasteiger partial charge in [-0.2, -0.15) is 9.57 Å². The van der Waals surface area contributed by atoms with Crippen molar-refractivity contribution in [1.29, 1.82) is 5.26 Å². The fourth-order valence-corrected chi connectivity index (χ4v) is 4.06. The van der Waals surface area contributed by atoms with E-state index in [0.29, 0.717) is 0 Å². The Labute approximate surface area is 120 Å². The van der Waals surface area contributed by atoms with Crippen LogP contribution in [0.3, 0.4) is 0 Å². The van der Waals surface area contributed by atoms with Crippen molar-refractivity contribution < 1.29 is 8.42 Å². The number of rotatable bonds is 3. The molecule has 0 spiro atoms. The average Bonchev–Trinajstić information content (AvgIpc) is 2.75. The normalized spacial score (nSPS) is 20.4. The first-order chi connectivity index (χ1) is 9.57. The van der Waals surface area contributed by atoms with Crippen LogP contribution >= 0.6 is 0 Å². The average molecular weight is 293 g/mol. The van der Waals surface area contributed by atoms with Crippen molar-refractivity contribution in [2.75, 3.05) is 20.1 Å². The summed E-state index contributed by atoms with van der Waals surface area (Å²) in [7, 11) is -2.00. The SMILES string of the molecule is CN(C1CCCNCC1)S(=O)(=O)c1ccccc1C#N. The Hall–Kier alpha value is -1.42. The summed E-state index contributed by atoms with van der Waals surface area (Å²) in [6.07, 6.45) is 2.60. The third kappa shape index (κ3) is 3.01. The number of nitriles is 1. The summed E-state index contributed by atoms with van der Waals surface area (Å²) < 4.78 is 26.8. The maximum Gasteiger partial charge on any atom is 0.244 e. The minimum Gasteiger partial charge on any atom is -0.317 e. The van der Waals surface area contributed by atoms with Crippen LogP contribution in [0, 0.1) is 11.3 Å². The molecule has 1 fully saturated rings. The van der Waals surface area contributed by atoms with E-state index in [1.54, 1.807) is 19.2 Å². The molecule has 5 nitrogen and oxygen atoms in total. The molecule has 1 unspecified atom stereocenters. The van der Waals surface area contributed by atoms with Crippen molar-refractivity contribution in [3.05, 3.63) is 29.8 Å². The van der Waals surface area contributed by atoms with Gasteiger partial charge < -0.3 is 5.32 Å². The van der Waals surface area contributed by atoms with Crippen LogP contribution in [0.5, 0.6) is 0 Å². The summed E-state index contributed by atoms with van der Waals surface area (Å²) >= 11 is 0. The van der Waals surface area contributed by atoms with E-state index in [9.17, 15) is 8.42 Å². The Balaban J connectivity index is 2.31. The van der Waals surface area contributed by atoms with E-state index in [0.717, 1.165) is 32.4 Å². The molecule has 1 atom stereocenters. The Bertz CT molecular complexity index is 599. The lowest BCUT2D eigenvalue weighted by molar-refractivity contribution is 0.341. The Morgan fingerprint density at radius 2 is 2.05 bits per heavy atom. The minimum atomic E-state index is -3.61. The molecule has 1 aliphatic heterocycles. The zero-order valence-corrected chi connectivity index (χ0v) is 12.4. The summed E-state index contributed by atoms with van der Waals surface area (Å²) in [5, 5.41) is 12.3. The quantitative estimate of drug-likeness (QED) is 0.912. The first-order valence-electron chi connectivity index (χ1n) is 6.75. The zero-order chi connectivity index (χ0) is 14.6. The molecule has 1 N–H and O–H groups in total. The predicted octanol–water partition coefficient (Wildman–Crippen LogP) is 1.32. The van der Waals surface area contributed by atoms with Gasteiger partial charge in [-0.15, -0.1) is 0 Å². The molecule has 108 valence electrons. The van der Waals surface area contributed by atoms with Crippen LogP contribution in [0.4, 0.5) is 0 Å². The van der Waals surface area contributed by atoms with Gasteiger partial charge in [0.25, 0.3) is 0 Å². The highest BCUT2D eigenvalue weighted by Gasteiger charge is 2.29.